The Morgan fingerprint density at radius 1 is 1.30 bits per heavy atom. The van der Waals surface area contributed by atoms with Gasteiger partial charge < -0.3 is 5.11 Å². The van der Waals surface area contributed by atoms with E-state index >= 15 is 0 Å². The average Bonchev–Trinajstić information content (AvgIpc) is 2.25. The first-order chi connectivity index (χ1) is 9.03. The zero-order valence-electron chi connectivity index (χ0n) is 11.6. The molecule has 0 aliphatic heterocycles. The van der Waals surface area contributed by atoms with Crippen LogP contribution in [0.3, 0.4) is 0 Å². The molecule has 1 heterocycles. The Balaban J connectivity index is 3.20. The molecule has 0 aliphatic carbocycles. The van der Waals surface area contributed by atoms with Crippen molar-refractivity contribution in [2.45, 2.75) is 32.4 Å². The Morgan fingerprint density at radius 3 is 2.15 bits per heavy atom. The van der Waals surface area contributed by atoms with Gasteiger partial charge in [-0.15, -0.1) is 0 Å². The Bertz CT molecular complexity index is 562. The van der Waals surface area contributed by atoms with Crippen molar-refractivity contribution in [2.75, 3.05) is 0 Å². The number of aliphatic carboxylic acids is 1. The normalized spacial score (nSPS) is 15.6. The monoisotopic (exact) mass is 301 g/mol. The van der Waals surface area contributed by atoms with E-state index in [9.17, 15) is 22.9 Å². The van der Waals surface area contributed by atoms with Crippen molar-refractivity contribution in [3.8, 4) is 0 Å². The lowest BCUT2D eigenvalue weighted by atomic mass is 9.81. The standard InChI is InChI=1S/C13H19NO5S/c1-13(2,3)11(20(17,18)19)10(12(15)16)8-9-4-6-14-7-5-9/h4-7,10-11H,8H2,1-3H3,(H,15,16)(H,17,18,19). The van der Waals surface area contributed by atoms with E-state index in [-0.39, 0.29) is 6.42 Å². The highest BCUT2D eigenvalue weighted by atomic mass is 32.2. The summed E-state index contributed by atoms with van der Waals surface area (Å²) in [6.45, 7) is 4.77. The quantitative estimate of drug-likeness (QED) is 0.801. The zero-order chi connectivity index (χ0) is 15.6. The second kappa shape index (κ2) is 5.88. The summed E-state index contributed by atoms with van der Waals surface area (Å²) in [5, 5.41) is 7.95. The van der Waals surface area contributed by atoms with Crippen LogP contribution in [0.5, 0.6) is 0 Å². The van der Waals surface area contributed by atoms with Crippen molar-refractivity contribution < 1.29 is 22.9 Å². The van der Waals surface area contributed by atoms with E-state index in [0.717, 1.165) is 0 Å². The fourth-order valence-corrected chi connectivity index (χ4v) is 3.88. The van der Waals surface area contributed by atoms with Gasteiger partial charge in [0.05, 0.1) is 5.92 Å². The molecule has 1 rings (SSSR count). The van der Waals surface area contributed by atoms with Crippen molar-refractivity contribution >= 4 is 16.1 Å². The van der Waals surface area contributed by atoms with E-state index in [2.05, 4.69) is 4.98 Å². The topological polar surface area (TPSA) is 105 Å². The van der Waals surface area contributed by atoms with Crippen molar-refractivity contribution in [3.05, 3.63) is 30.1 Å². The van der Waals surface area contributed by atoms with Gasteiger partial charge in [0.1, 0.15) is 5.25 Å². The summed E-state index contributed by atoms with van der Waals surface area (Å²) in [6, 6.07) is 3.25. The lowest BCUT2D eigenvalue weighted by Crippen LogP contribution is -2.45. The van der Waals surface area contributed by atoms with Gasteiger partial charge >= 0.3 is 5.97 Å². The number of carboxylic acids is 1. The van der Waals surface area contributed by atoms with E-state index in [1.54, 1.807) is 32.9 Å². The Kier molecular flexibility index (Phi) is 4.88. The Morgan fingerprint density at radius 2 is 1.80 bits per heavy atom. The van der Waals surface area contributed by atoms with Crippen LogP contribution >= 0.6 is 0 Å². The zero-order valence-corrected chi connectivity index (χ0v) is 12.5. The summed E-state index contributed by atoms with van der Waals surface area (Å²) in [5.74, 6) is -2.48. The molecule has 2 unspecified atom stereocenters. The van der Waals surface area contributed by atoms with Gasteiger partial charge in [0.2, 0.25) is 0 Å². The molecule has 7 heteroatoms. The first-order valence-electron chi connectivity index (χ1n) is 6.11. The summed E-state index contributed by atoms with van der Waals surface area (Å²) >= 11 is 0. The van der Waals surface area contributed by atoms with E-state index in [4.69, 9.17) is 0 Å². The van der Waals surface area contributed by atoms with Crippen LogP contribution in [0, 0.1) is 11.3 Å². The molecule has 0 radical (unpaired) electrons. The largest absolute Gasteiger partial charge is 0.481 e. The van der Waals surface area contributed by atoms with Crippen molar-refractivity contribution in [1.29, 1.82) is 0 Å². The molecule has 20 heavy (non-hydrogen) atoms. The lowest BCUT2D eigenvalue weighted by Gasteiger charge is -2.32. The smallest absolute Gasteiger partial charge is 0.308 e. The number of carbonyl (C=O) groups is 1. The van der Waals surface area contributed by atoms with Gasteiger partial charge in [-0.3, -0.25) is 14.3 Å². The van der Waals surface area contributed by atoms with Gasteiger partial charge in [0.15, 0.2) is 0 Å². The van der Waals surface area contributed by atoms with E-state index in [1.165, 1.54) is 12.4 Å². The molecule has 2 atom stereocenters. The van der Waals surface area contributed by atoms with Crippen molar-refractivity contribution in [1.82, 2.24) is 4.98 Å². The molecule has 0 spiro atoms. The van der Waals surface area contributed by atoms with Crippen molar-refractivity contribution in [3.63, 3.8) is 0 Å². The van der Waals surface area contributed by atoms with Crippen LogP contribution in [0.1, 0.15) is 26.3 Å². The molecule has 0 saturated carbocycles. The Labute approximate surface area is 118 Å². The molecule has 2 N–H and O–H groups in total. The van der Waals surface area contributed by atoms with Gasteiger partial charge in [-0.2, -0.15) is 8.42 Å². The number of rotatable bonds is 5. The maximum Gasteiger partial charge on any atom is 0.308 e. The third kappa shape index (κ3) is 4.28. The fraction of sp³-hybridized carbons (Fsp3) is 0.538. The summed E-state index contributed by atoms with van der Waals surface area (Å²) in [7, 11) is -4.48. The molecule has 0 aromatic carbocycles. The molecule has 0 bridgehead atoms. The highest BCUT2D eigenvalue weighted by Gasteiger charge is 2.44. The van der Waals surface area contributed by atoms with Crippen LogP contribution in [0.25, 0.3) is 0 Å². The number of nitrogens with zero attached hydrogens (tertiary/aromatic N) is 1. The van der Waals surface area contributed by atoms with Gasteiger partial charge in [-0.05, 0) is 29.5 Å². The molecule has 1 aromatic heterocycles. The lowest BCUT2D eigenvalue weighted by molar-refractivity contribution is -0.142. The molecule has 112 valence electrons. The summed E-state index contributed by atoms with van der Waals surface area (Å²) in [6.07, 6.45) is 3.03. The second-order valence-corrected chi connectivity index (χ2v) is 7.34. The van der Waals surface area contributed by atoms with Crippen LogP contribution in [-0.4, -0.2) is 34.3 Å². The van der Waals surface area contributed by atoms with E-state index in [0.29, 0.717) is 5.56 Å². The van der Waals surface area contributed by atoms with Crippen LogP contribution in [0.15, 0.2) is 24.5 Å². The molecule has 0 aliphatic rings. The predicted molar refractivity (Wildman–Crippen MR) is 73.9 cm³/mol. The molecule has 1 aromatic rings. The molecular formula is C13H19NO5S. The molecular weight excluding hydrogens is 282 g/mol. The van der Waals surface area contributed by atoms with Gasteiger partial charge in [0, 0.05) is 12.4 Å². The predicted octanol–water partition coefficient (Wildman–Crippen LogP) is 1.63. The third-order valence-electron chi connectivity index (χ3n) is 3.06. The minimum absolute atomic E-state index is 0.0135. The summed E-state index contributed by atoms with van der Waals surface area (Å²) in [5.41, 5.74) is -0.241. The SMILES string of the molecule is CC(C)(C)C(C(Cc1ccncc1)C(=O)O)S(=O)(=O)O. The van der Waals surface area contributed by atoms with Gasteiger partial charge in [0.25, 0.3) is 10.1 Å². The summed E-state index contributed by atoms with van der Waals surface area (Å²) < 4.78 is 32.6. The minimum Gasteiger partial charge on any atom is -0.481 e. The van der Waals surface area contributed by atoms with Crippen LogP contribution in [0.4, 0.5) is 0 Å². The van der Waals surface area contributed by atoms with Gasteiger partial charge in [-0.25, -0.2) is 0 Å². The maximum atomic E-state index is 11.6. The minimum atomic E-state index is -4.48. The number of hydrogen-bond donors (Lipinski definition) is 2. The summed E-state index contributed by atoms with van der Waals surface area (Å²) in [4.78, 5) is 15.3. The maximum absolute atomic E-state index is 11.6. The average molecular weight is 301 g/mol. The van der Waals surface area contributed by atoms with Crippen molar-refractivity contribution in [2.24, 2.45) is 11.3 Å². The van der Waals surface area contributed by atoms with Crippen LogP contribution < -0.4 is 0 Å². The second-order valence-electron chi connectivity index (χ2n) is 5.81. The van der Waals surface area contributed by atoms with Crippen LogP contribution in [0.2, 0.25) is 0 Å². The Hall–Kier alpha value is -1.47. The number of hydrogen-bond acceptors (Lipinski definition) is 4. The fourth-order valence-electron chi connectivity index (χ4n) is 2.35. The van der Waals surface area contributed by atoms with Gasteiger partial charge in [-0.1, -0.05) is 20.8 Å². The number of aromatic nitrogens is 1. The molecule has 0 saturated heterocycles. The first-order valence-corrected chi connectivity index (χ1v) is 7.62. The molecule has 6 nitrogen and oxygen atoms in total. The number of pyridine rings is 1. The molecule has 0 amide bonds. The highest BCUT2D eigenvalue weighted by Crippen LogP contribution is 2.33. The van der Waals surface area contributed by atoms with E-state index in [1.807, 2.05) is 0 Å². The first kappa shape index (κ1) is 16.6. The van der Waals surface area contributed by atoms with E-state index < -0.39 is 32.7 Å². The third-order valence-corrected chi connectivity index (χ3v) is 4.74. The van der Waals surface area contributed by atoms with Crippen LogP contribution in [-0.2, 0) is 21.3 Å². The molecule has 0 fully saturated rings. The highest BCUT2D eigenvalue weighted by molar-refractivity contribution is 7.86. The number of carboxylic acid groups (broad SMARTS) is 1.